The van der Waals surface area contributed by atoms with Gasteiger partial charge in [-0.25, -0.2) is 0 Å². The molecular formula is C13H18O2. The van der Waals surface area contributed by atoms with Crippen LogP contribution < -0.4 is 0 Å². The fraction of sp³-hybridized carbons (Fsp3) is 0.538. The van der Waals surface area contributed by atoms with Crippen molar-refractivity contribution < 1.29 is 9.59 Å². The normalized spacial score (nSPS) is 25.5. The Hall–Kier alpha value is -1.18. The molecule has 0 saturated heterocycles. The molecule has 0 bridgehead atoms. The summed E-state index contributed by atoms with van der Waals surface area (Å²) < 4.78 is 0. The summed E-state index contributed by atoms with van der Waals surface area (Å²) in [6.07, 6.45) is 5.76. The highest BCUT2D eigenvalue weighted by molar-refractivity contribution is 5.92. The molecule has 2 heteroatoms. The number of carbonyl (C=O) groups is 2. The highest BCUT2D eigenvalue weighted by Crippen LogP contribution is 2.40. The van der Waals surface area contributed by atoms with Crippen molar-refractivity contribution in [3.05, 3.63) is 23.8 Å². The van der Waals surface area contributed by atoms with Crippen LogP contribution in [0, 0.1) is 11.3 Å². The fourth-order valence-electron chi connectivity index (χ4n) is 2.21. The van der Waals surface area contributed by atoms with Crippen LogP contribution in [0.1, 0.15) is 34.1 Å². The van der Waals surface area contributed by atoms with E-state index in [2.05, 4.69) is 13.8 Å². The molecule has 0 aromatic heterocycles. The molecule has 1 atom stereocenters. The Morgan fingerprint density at radius 3 is 2.60 bits per heavy atom. The monoisotopic (exact) mass is 206 g/mol. The van der Waals surface area contributed by atoms with Crippen LogP contribution >= 0.6 is 0 Å². The molecule has 0 N–H and O–H groups in total. The molecule has 15 heavy (non-hydrogen) atoms. The van der Waals surface area contributed by atoms with Gasteiger partial charge in [0.25, 0.3) is 0 Å². The topological polar surface area (TPSA) is 34.1 Å². The first kappa shape index (κ1) is 11.9. The summed E-state index contributed by atoms with van der Waals surface area (Å²) in [5.41, 5.74) is 0.968. The predicted molar refractivity (Wildman–Crippen MR) is 60.5 cm³/mol. The summed E-state index contributed by atoms with van der Waals surface area (Å²) in [6.45, 7) is 7.62. The summed E-state index contributed by atoms with van der Waals surface area (Å²) in [5, 5.41) is 0. The highest BCUT2D eigenvalue weighted by atomic mass is 16.1. The molecular weight excluding hydrogens is 188 g/mol. The maximum Gasteiger partial charge on any atom is 0.156 e. The molecule has 0 aliphatic heterocycles. The van der Waals surface area contributed by atoms with Gasteiger partial charge in [-0.3, -0.25) is 9.59 Å². The van der Waals surface area contributed by atoms with E-state index in [-0.39, 0.29) is 22.9 Å². The maximum atomic E-state index is 11.4. The lowest BCUT2D eigenvalue weighted by molar-refractivity contribution is -0.117. The second-order valence-electron chi connectivity index (χ2n) is 4.97. The lowest BCUT2D eigenvalue weighted by atomic mass is 9.68. The SMILES string of the molecule is CC(=O)/C=C/C1C(C)=CC(=O)CC1(C)C. The molecule has 0 fully saturated rings. The quantitative estimate of drug-likeness (QED) is 0.651. The fourth-order valence-corrected chi connectivity index (χ4v) is 2.21. The van der Waals surface area contributed by atoms with Gasteiger partial charge in [0.1, 0.15) is 0 Å². The molecule has 1 aliphatic rings. The van der Waals surface area contributed by atoms with E-state index >= 15 is 0 Å². The zero-order valence-electron chi connectivity index (χ0n) is 9.83. The van der Waals surface area contributed by atoms with Crippen LogP contribution in [0.4, 0.5) is 0 Å². The van der Waals surface area contributed by atoms with E-state index in [4.69, 9.17) is 0 Å². The highest BCUT2D eigenvalue weighted by Gasteiger charge is 2.34. The minimum atomic E-state index is -0.0815. The van der Waals surface area contributed by atoms with Crippen molar-refractivity contribution in [3.63, 3.8) is 0 Å². The lowest BCUT2D eigenvalue weighted by Crippen LogP contribution is -2.30. The van der Waals surface area contributed by atoms with E-state index in [9.17, 15) is 9.59 Å². The lowest BCUT2D eigenvalue weighted by Gasteiger charge is -2.35. The number of carbonyl (C=O) groups excluding carboxylic acids is 2. The van der Waals surface area contributed by atoms with Gasteiger partial charge >= 0.3 is 0 Å². The Labute approximate surface area is 91.1 Å². The van der Waals surface area contributed by atoms with Gasteiger partial charge in [0, 0.05) is 12.3 Å². The molecule has 2 nitrogen and oxygen atoms in total. The summed E-state index contributed by atoms with van der Waals surface area (Å²) in [5.74, 6) is 0.430. The molecule has 0 saturated carbocycles. The minimum Gasteiger partial charge on any atom is -0.295 e. The third-order valence-corrected chi connectivity index (χ3v) is 2.87. The van der Waals surface area contributed by atoms with E-state index < -0.39 is 0 Å². The van der Waals surface area contributed by atoms with Crippen LogP contribution in [0.25, 0.3) is 0 Å². The standard InChI is InChI=1S/C13H18O2/c1-9-7-11(15)8-13(3,4)12(9)6-5-10(2)14/h5-7,12H,8H2,1-4H3/b6-5+. The Kier molecular flexibility index (Phi) is 3.28. The molecule has 0 amide bonds. The van der Waals surface area contributed by atoms with E-state index in [1.165, 1.54) is 6.92 Å². The van der Waals surface area contributed by atoms with Gasteiger partial charge < -0.3 is 0 Å². The average Bonchev–Trinajstić information content (AvgIpc) is 1.98. The smallest absolute Gasteiger partial charge is 0.156 e. The van der Waals surface area contributed by atoms with Crippen LogP contribution in [-0.2, 0) is 9.59 Å². The Morgan fingerprint density at radius 2 is 2.13 bits per heavy atom. The van der Waals surface area contributed by atoms with Gasteiger partial charge in [-0.1, -0.05) is 25.5 Å². The van der Waals surface area contributed by atoms with E-state index in [1.807, 2.05) is 13.0 Å². The van der Waals surface area contributed by atoms with E-state index in [0.717, 1.165) is 5.57 Å². The molecule has 0 radical (unpaired) electrons. The Bertz CT molecular complexity index is 346. The van der Waals surface area contributed by atoms with E-state index in [0.29, 0.717) is 6.42 Å². The molecule has 82 valence electrons. The Morgan fingerprint density at radius 1 is 1.53 bits per heavy atom. The number of hydrogen-bond acceptors (Lipinski definition) is 2. The number of ketones is 2. The number of allylic oxidation sites excluding steroid dienone is 4. The molecule has 0 aromatic carbocycles. The first-order valence-corrected chi connectivity index (χ1v) is 5.23. The number of hydrogen-bond donors (Lipinski definition) is 0. The molecule has 0 aromatic rings. The summed E-state index contributed by atoms with van der Waals surface area (Å²) in [4.78, 5) is 22.3. The van der Waals surface area contributed by atoms with Crippen molar-refractivity contribution in [1.29, 1.82) is 0 Å². The molecule has 1 aliphatic carbocycles. The summed E-state index contributed by atoms with van der Waals surface area (Å²) >= 11 is 0. The first-order valence-electron chi connectivity index (χ1n) is 5.23. The second kappa shape index (κ2) is 4.13. The van der Waals surface area contributed by atoms with Crippen molar-refractivity contribution in [2.45, 2.75) is 34.1 Å². The van der Waals surface area contributed by atoms with Gasteiger partial charge in [-0.2, -0.15) is 0 Å². The zero-order valence-corrected chi connectivity index (χ0v) is 9.83. The minimum absolute atomic E-state index is 0.0514. The third-order valence-electron chi connectivity index (χ3n) is 2.87. The molecule has 1 unspecified atom stereocenters. The van der Waals surface area contributed by atoms with Gasteiger partial charge in [-0.15, -0.1) is 0 Å². The van der Waals surface area contributed by atoms with Crippen LogP contribution in [-0.4, -0.2) is 11.6 Å². The van der Waals surface area contributed by atoms with E-state index in [1.54, 1.807) is 12.2 Å². The van der Waals surface area contributed by atoms with Gasteiger partial charge in [0.05, 0.1) is 0 Å². The second-order valence-corrected chi connectivity index (χ2v) is 4.97. The van der Waals surface area contributed by atoms with Crippen LogP contribution in [0.3, 0.4) is 0 Å². The average molecular weight is 206 g/mol. The first-order chi connectivity index (χ1) is 6.83. The molecule has 0 heterocycles. The summed E-state index contributed by atoms with van der Waals surface area (Å²) in [7, 11) is 0. The van der Waals surface area contributed by atoms with Crippen molar-refractivity contribution in [1.82, 2.24) is 0 Å². The molecule has 1 rings (SSSR count). The van der Waals surface area contributed by atoms with Crippen molar-refractivity contribution in [3.8, 4) is 0 Å². The van der Waals surface area contributed by atoms with Gasteiger partial charge in [0.2, 0.25) is 0 Å². The number of rotatable bonds is 2. The molecule has 0 spiro atoms. The predicted octanol–water partition coefficient (Wildman–Crippen LogP) is 2.69. The largest absolute Gasteiger partial charge is 0.295 e. The van der Waals surface area contributed by atoms with Crippen LogP contribution in [0.2, 0.25) is 0 Å². The van der Waals surface area contributed by atoms with Crippen LogP contribution in [0.15, 0.2) is 23.8 Å². The van der Waals surface area contributed by atoms with Gasteiger partial charge in [0.15, 0.2) is 11.6 Å². The van der Waals surface area contributed by atoms with Crippen molar-refractivity contribution in [2.75, 3.05) is 0 Å². The maximum absolute atomic E-state index is 11.4. The zero-order chi connectivity index (χ0) is 11.6. The van der Waals surface area contributed by atoms with Crippen molar-refractivity contribution in [2.24, 2.45) is 11.3 Å². The van der Waals surface area contributed by atoms with Gasteiger partial charge in [-0.05, 0) is 31.4 Å². The van der Waals surface area contributed by atoms with Crippen LogP contribution in [0.5, 0.6) is 0 Å². The Balaban J connectivity index is 2.99. The third kappa shape index (κ3) is 2.88. The summed E-state index contributed by atoms with van der Waals surface area (Å²) in [6, 6.07) is 0. The van der Waals surface area contributed by atoms with Crippen molar-refractivity contribution >= 4 is 11.6 Å².